The van der Waals surface area contributed by atoms with Gasteiger partial charge in [-0.05, 0) is 23.8 Å². The Morgan fingerprint density at radius 1 is 0.933 bits per heavy atom. The molecule has 3 heterocycles. The predicted molar refractivity (Wildman–Crippen MR) is 113 cm³/mol. The minimum Gasteiger partial charge on any atom is -0.347 e. The first-order chi connectivity index (χ1) is 14.6. The summed E-state index contributed by atoms with van der Waals surface area (Å²) >= 11 is 0. The molecule has 0 amide bonds. The first-order valence-corrected chi connectivity index (χ1v) is 11.7. The summed E-state index contributed by atoms with van der Waals surface area (Å²) < 4.78 is 37.5. The Morgan fingerprint density at radius 2 is 1.67 bits per heavy atom. The maximum Gasteiger partial charge on any atom is 0.208 e. The second-order valence-corrected chi connectivity index (χ2v) is 9.81. The van der Waals surface area contributed by atoms with Crippen LogP contribution in [0.15, 0.2) is 70.6 Å². The minimum absolute atomic E-state index is 0.216. The number of nitrogens with zero attached hydrogens (tertiary/aromatic N) is 2. The van der Waals surface area contributed by atoms with Gasteiger partial charge < -0.3 is 9.47 Å². The van der Waals surface area contributed by atoms with E-state index in [9.17, 15) is 8.42 Å². The zero-order valence-electron chi connectivity index (χ0n) is 16.7. The van der Waals surface area contributed by atoms with Crippen molar-refractivity contribution in [2.75, 3.05) is 26.3 Å². The van der Waals surface area contributed by atoms with E-state index in [2.05, 4.69) is 16.0 Å². The molecule has 2 aliphatic heterocycles. The van der Waals surface area contributed by atoms with Crippen molar-refractivity contribution in [2.24, 2.45) is 0 Å². The molecule has 0 saturated carbocycles. The van der Waals surface area contributed by atoms with Gasteiger partial charge >= 0.3 is 0 Å². The van der Waals surface area contributed by atoms with E-state index in [0.29, 0.717) is 13.2 Å². The van der Waals surface area contributed by atoms with Gasteiger partial charge in [0, 0.05) is 44.1 Å². The van der Waals surface area contributed by atoms with Crippen molar-refractivity contribution in [3.8, 4) is 0 Å². The van der Waals surface area contributed by atoms with Gasteiger partial charge in [0.05, 0.1) is 28.5 Å². The Bertz CT molecular complexity index is 1150. The number of fused-ring (bicyclic) bond motifs is 1. The molecule has 0 unspecified atom stereocenters. The summed E-state index contributed by atoms with van der Waals surface area (Å²) in [6.07, 6.45) is 3.20. The summed E-state index contributed by atoms with van der Waals surface area (Å²) in [5.41, 5.74) is 1.94. The molecule has 0 radical (unpaired) electrons. The van der Waals surface area contributed by atoms with E-state index in [1.807, 2.05) is 12.1 Å². The molecule has 2 aliphatic rings. The van der Waals surface area contributed by atoms with Crippen LogP contribution in [0.2, 0.25) is 0 Å². The molecule has 1 aromatic heterocycles. The summed E-state index contributed by atoms with van der Waals surface area (Å²) in [7, 11) is -3.58. The molecule has 0 bridgehead atoms. The summed E-state index contributed by atoms with van der Waals surface area (Å²) in [5.74, 6) is -0.381. The number of likely N-dealkylation sites (tertiary alicyclic amines) is 1. The van der Waals surface area contributed by atoms with Gasteiger partial charge in [0.2, 0.25) is 9.84 Å². The average Bonchev–Trinajstić information content (AvgIpc) is 3.24. The van der Waals surface area contributed by atoms with E-state index >= 15 is 0 Å². The first kappa shape index (κ1) is 19.6. The maximum absolute atomic E-state index is 12.9. The molecule has 2 fully saturated rings. The molecule has 3 aromatic rings. The Morgan fingerprint density at radius 3 is 2.40 bits per heavy atom. The number of pyridine rings is 1. The van der Waals surface area contributed by atoms with Crippen LogP contribution in [-0.4, -0.2) is 50.4 Å². The lowest BCUT2D eigenvalue weighted by Crippen LogP contribution is -2.44. The van der Waals surface area contributed by atoms with Gasteiger partial charge in [0.25, 0.3) is 0 Å². The quantitative estimate of drug-likeness (QED) is 0.639. The van der Waals surface area contributed by atoms with Crippen molar-refractivity contribution >= 4 is 20.7 Å². The molecule has 2 saturated heterocycles. The van der Waals surface area contributed by atoms with Gasteiger partial charge in [0.15, 0.2) is 5.79 Å². The van der Waals surface area contributed by atoms with Crippen molar-refractivity contribution in [1.29, 1.82) is 0 Å². The Balaban J connectivity index is 1.39. The lowest BCUT2D eigenvalue weighted by atomic mass is 10.0. The van der Waals surface area contributed by atoms with E-state index in [4.69, 9.17) is 9.47 Å². The van der Waals surface area contributed by atoms with Gasteiger partial charge in [0.1, 0.15) is 0 Å². The number of aromatic nitrogens is 1. The van der Waals surface area contributed by atoms with Crippen molar-refractivity contribution in [1.82, 2.24) is 9.88 Å². The van der Waals surface area contributed by atoms with Crippen LogP contribution < -0.4 is 0 Å². The number of rotatable bonds is 4. The highest BCUT2D eigenvalue weighted by molar-refractivity contribution is 7.91. The van der Waals surface area contributed by atoms with E-state index in [0.717, 1.165) is 48.9 Å². The third-order valence-electron chi connectivity index (χ3n) is 5.96. The molecule has 0 aliphatic carbocycles. The number of ether oxygens (including phenoxy) is 2. The van der Waals surface area contributed by atoms with Crippen LogP contribution >= 0.6 is 0 Å². The van der Waals surface area contributed by atoms with E-state index in [1.165, 1.54) is 6.20 Å². The standard InChI is InChI=1S/C23H24N2O4S/c26-30(27,20-7-2-1-3-8-20)21-15-18-5-4-6-19(22(18)24-16-21)17-25-11-9-23(10-12-25)28-13-14-29-23/h1-8,15-16H,9-14,17H2. The number of hydrogen-bond donors (Lipinski definition) is 0. The number of para-hydroxylation sites is 1. The largest absolute Gasteiger partial charge is 0.347 e. The highest BCUT2D eigenvalue weighted by Crippen LogP contribution is 2.32. The fourth-order valence-electron chi connectivity index (χ4n) is 4.29. The van der Waals surface area contributed by atoms with Crippen molar-refractivity contribution < 1.29 is 17.9 Å². The topological polar surface area (TPSA) is 68.7 Å². The molecule has 5 rings (SSSR count). The summed E-state index contributed by atoms with van der Waals surface area (Å²) in [6.45, 7) is 3.93. The molecule has 1 spiro atoms. The van der Waals surface area contributed by atoms with Crippen LogP contribution in [0, 0.1) is 0 Å². The zero-order valence-corrected chi connectivity index (χ0v) is 17.5. The van der Waals surface area contributed by atoms with Crippen LogP contribution in [0.5, 0.6) is 0 Å². The number of piperidine rings is 1. The van der Waals surface area contributed by atoms with Crippen LogP contribution in [-0.2, 0) is 25.9 Å². The average molecular weight is 425 g/mol. The normalized spacial score (nSPS) is 19.5. The highest BCUT2D eigenvalue weighted by atomic mass is 32.2. The first-order valence-electron chi connectivity index (χ1n) is 10.2. The van der Waals surface area contributed by atoms with Gasteiger partial charge in [-0.3, -0.25) is 9.88 Å². The SMILES string of the molecule is O=S(=O)(c1ccccc1)c1cnc2c(CN3CCC4(CC3)OCCO4)cccc2c1. The molecule has 2 aromatic carbocycles. The molecule has 156 valence electrons. The zero-order chi connectivity index (χ0) is 20.6. The van der Waals surface area contributed by atoms with Gasteiger partial charge in [-0.25, -0.2) is 8.42 Å². The molecular formula is C23H24N2O4S. The van der Waals surface area contributed by atoms with Crippen LogP contribution in [0.3, 0.4) is 0 Å². The van der Waals surface area contributed by atoms with Gasteiger partial charge in [-0.15, -0.1) is 0 Å². The fraction of sp³-hybridized carbons (Fsp3) is 0.348. The summed E-state index contributed by atoms with van der Waals surface area (Å²) in [5, 5.41) is 0.834. The van der Waals surface area contributed by atoms with E-state index in [-0.39, 0.29) is 15.6 Å². The number of benzene rings is 2. The van der Waals surface area contributed by atoms with Gasteiger partial charge in [-0.2, -0.15) is 0 Å². The summed E-state index contributed by atoms with van der Waals surface area (Å²) in [4.78, 5) is 7.43. The molecule has 0 N–H and O–H groups in total. The fourth-order valence-corrected chi connectivity index (χ4v) is 5.55. The van der Waals surface area contributed by atoms with Crippen LogP contribution in [0.4, 0.5) is 0 Å². The molecule has 6 nitrogen and oxygen atoms in total. The Hall–Kier alpha value is -2.32. The lowest BCUT2D eigenvalue weighted by Gasteiger charge is -2.37. The van der Waals surface area contributed by atoms with Crippen LogP contribution in [0.25, 0.3) is 10.9 Å². The molecule has 0 atom stereocenters. The Labute approximate surface area is 176 Å². The maximum atomic E-state index is 12.9. The van der Waals surface area contributed by atoms with Crippen LogP contribution in [0.1, 0.15) is 18.4 Å². The predicted octanol–water partition coefficient (Wildman–Crippen LogP) is 3.41. The molecule has 7 heteroatoms. The second kappa shape index (κ2) is 7.74. The third-order valence-corrected chi connectivity index (χ3v) is 7.70. The van der Waals surface area contributed by atoms with Gasteiger partial charge in [-0.1, -0.05) is 36.4 Å². The van der Waals surface area contributed by atoms with Crippen molar-refractivity contribution in [2.45, 2.75) is 35.0 Å². The monoisotopic (exact) mass is 424 g/mol. The van der Waals surface area contributed by atoms with Crippen molar-refractivity contribution in [3.05, 3.63) is 66.4 Å². The van der Waals surface area contributed by atoms with E-state index in [1.54, 1.807) is 36.4 Å². The number of sulfone groups is 1. The second-order valence-electron chi connectivity index (χ2n) is 7.86. The van der Waals surface area contributed by atoms with Crippen molar-refractivity contribution in [3.63, 3.8) is 0 Å². The molecular weight excluding hydrogens is 400 g/mol. The lowest BCUT2D eigenvalue weighted by molar-refractivity contribution is -0.185. The minimum atomic E-state index is -3.58. The highest BCUT2D eigenvalue weighted by Gasteiger charge is 2.39. The van der Waals surface area contributed by atoms with E-state index < -0.39 is 9.84 Å². The summed E-state index contributed by atoms with van der Waals surface area (Å²) in [6, 6.07) is 16.1. The third kappa shape index (κ3) is 3.63. The smallest absolute Gasteiger partial charge is 0.208 e. The number of hydrogen-bond acceptors (Lipinski definition) is 6. The molecule has 30 heavy (non-hydrogen) atoms. The Kier molecular flexibility index (Phi) is 5.06.